The van der Waals surface area contributed by atoms with Crippen molar-refractivity contribution >= 4 is 38.9 Å². The first-order valence-electron chi connectivity index (χ1n) is 18.2. The van der Waals surface area contributed by atoms with Gasteiger partial charge >= 0.3 is 0 Å². The van der Waals surface area contributed by atoms with Gasteiger partial charge in [-0.25, -0.2) is 0 Å². The van der Waals surface area contributed by atoms with E-state index in [1.54, 1.807) is 19.3 Å². The number of unbranched alkanes of at least 4 members (excludes halogenated alkanes) is 7. The lowest BCUT2D eigenvalue weighted by Gasteiger charge is -2.57. The molecule has 2 atom stereocenters. The van der Waals surface area contributed by atoms with Crippen molar-refractivity contribution < 1.29 is 0 Å². The standard InChI is InChI=1S/C35H64N6.2H2S/c1-3-5-7-8-11-19-41-32(14-6-4-2)27-39(34(41)37)17-12-9-15-31-26-38-33(36)40(31)18-13-10-16-35-23-28-20-29(24-35)22-30(21-28)25-35;;/h28-32,37H,3-27H2,1-2H3,(H2,36,38);2*1H2/t28?,29?,30?,31-,32-,35?;;/m0../s1. The topological polar surface area (TPSA) is 69.5 Å². The molecule has 4 bridgehead atoms. The molecule has 4 saturated carbocycles. The Labute approximate surface area is 279 Å². The fourth-order valence-corrected chi connectivity index (χ4v) is 10.1. The summed E-state index contributed by atoms with van der Waals surface area (Å²) < 4.78 is 0. The van der Waals surface area contributed by atoms with Gasteiger partial charge in [-0.15, -0.1) is 0 Å². The summed E-state index contributed by atoms with van der Waals surface area (Å²) in [6.45, 7) is 9.72. The third-order valence-electron chi connectivity index (χ3n) is 11.8. The summed E-state index contributed by atoms with van der Waals surface area (Å²) in [4.78, 5) is 7.21. The first kappa shape index (κ1) is 36.7. The zero-order chi connectivity index (χ0) is 28.7. The molecule has 0 aromatic heterocycles. The van der Waals surface area contributed by atoms with E-state index in [4.69, 9.17) is 10.8 Å². The van der Waals surface area contributed by atoms with E-state index in [0.29, 0.717) is 23.5 Å². The predicted molar refractivity (Wildman–Crippen MR) is 193 cm³/mol. The molecule has 6 aliphatic rings. The van der Waals surface area contributed by atoms with Gasteiger partial charge in [-0.05, 0) is 107 Å². The second kappa shape index (κ2) is 17.8. The maximum absolute atomic E-state index is 8.94. The average molecular weight is 637 g/mol. The van der Waals surface area contributed by atoms with Crippen LogP contribution in [0.2, 0.25) is 0 Å². The van der Waals surface area contributed by atoms with E-state index in [0.717, 1.165) is 62.9 Å². The first-order chi connectivity index (χ1) is 20.0. The van der Waals surface area contributed by atoms with E-state index in [-0.39, 0.29) is 27.0 Å². The molecule has 3 N–H and O–H groups in total. The number of guanidine groups is 2. The molecule has 2 heterocycles. The highest BCUT2D eigenvalue weighted by Gasteiger charge is 2.50. The Morgan fingerprint density at radius 1 is 0.674 bits per heavy atom. The number of nitrogens with zero attached hydrogens (tertiary/aromatic N) is 3. The third-order valence-corrected chi connectivity index (χ3v) is 11.8. The van der Waals surface area contributed by atoms with Crippen LogP contribution in [-0.2, 0) is 0 Å². The number of rotatable bonds is 19. The van der Waals surface area contributed by atoms with Crippen molar-refractivity contribution in [1.29, 1.82) is 10.8 Å². The van der Waals surface area contributed by atoms with Crippen LogP contribution in [0.3, 0.4) is 0 Å². The first-order valence-corrected chi connectivity index (χ1v) is 18.2. The second-order valence-corrected chi connectivity index (χ2v) is 15.1. The molecular weight excluding hydrogens is 569 g/mol. The van der Waals surface area contributed by atoms with Gasteiger partial charge in [0, 0.05) is 44.8 Å². The van der Waals surface area contributed by atoms with Gasteiger partial charge in [0.1, 0.15) is 0 Å². The summed E-state index contributed by atoms with van der Waals surface area (Å²) in [5.41, 5.74) is 0.703. The fourth-order valence-electron chi connectivity index (χ4n) is 10.1. The van der Waals surface area contributed by atoms with Crippen molar-refractivity contribution in [1.82, 2.24) is 20.0 Å². The highest BCUT2D eigenvalue weighted by molar-refractivity contribution is 7.59. The van der Waals surface area contributed by atoms with Gasteiger partial charge < -0.3 is 20.0 Å². The van der Waals surface area contributed by atoms with E-state index in [2.05, 4.69) is 33.9 Å². The van der Waals surface area contributed by atoms with Crippen molar-refractivity contribution in [2.24, 2.45) is 23.2 Å². The van der Waals surface area contributed by atoms with E-state index in [9.17, 15) is 0 Å². The van der Waals surface area contributed by atoms with E-state index in [1.807, 2.05) is 0 Å². The lowest BCUT2D eigenvalue weighted by molar-refractivity contribution is -0.0584. The Morgan fingerprint density at radius 3 is 1.93 bits per heavy atom. The van der Waals surface area contributed by atoms with Crippen LogP contribution in [0.1, 0.15) is 142 Å². The van der Waals surface area contributed by atoms with Gasteiger partial charge in [0.15, 0.2) is 11.9 Å². The molecule has 6 fully saturated rings. The minimum atomic E-state index is 0. The Hall–Kier alpha value is -0.760. The van der Waals surface area contributed by atoms with Gasteiger partial charge in [-0.1, -0.05) is 58.8 Å². The van der Waals surface area contributed by atoms with E-state index >= 15 is 0 Å². The molecule has 2 aliphatic heterocycles. The molecule has 8 heteroatoms. The van der Waals surface area contributed by atoms with Gasteiger partial charge in [-0.3, -0.25) is 10.8 Å². The summed E-state index contributed by atoms with van der Waals surface area (Å²) in [6.07, 6.45) is 27.1. The lowest BCUT2D eigenvalue weighted by atomic mass is 9.48. The Bertz CT molecular complexity index is 817. The fraction of sp³-hybridized carbons (Fsp3) is 0.943. The van der Waals surface area contributed by atoms with Crippen LogP contribution >= 0.6 is 27.0 Å². The summed E-state index contributed by atoms with van der Waals surface area (Å²) in [6, 6.07) is 1.03. The smallest absolute Gasteiger partial charge is 0.194 e. The van der Waals surface area contributed by atoms with E-state index < -0.39 is 0 Å². The molecule has 0 aromatic rings. The van der Waals surface area contributed by atoms with E-state index in [1.165, 1.54) is 103 Å². The monoisotopic (exact) mass is 636 g/mol. The van der Waals surface area contributed by atoms with Crippen molar-refractivity contribution in [2.75, 3.05) is 32.7 Å². The van der Waals surface area contributed by atoms with Crippen LogP contribution in [0.25, 0.3) is 0 Å². The number of nitrogens with one attached hydrogen (secondary N) is 3. The SMILES string of the molecule is CCCCCCCN1C(=N)N(CCCC[C@H]2CNC(=N)N2CCCCC23CC4CC(CC(C4)C2)C3)C[C@@H]1CCCC.S.S. The lowest BCUT2D eigenvalue weighted by Crippen LogP contribution is -2.46. The average Bonchev–Trinajstić information content (AvgIpc) is 3.45. The minimum Gasteiger partial charge on any atom is -0.354 e. The maximum Gasteiger partial charge on any atom is 0.194 e. The zero-order valence-electron chi connectivity index (χ0n) is 27.9. The molecular formula is C35H68N6S2. The number of hydrogen-bond acceptors (Lipinski definition) is 2. The second-order valence-electron chi connectivity index (χ2n) is 15.1. The van der Waals surface area contributed by atoms with Crippen molar-refractivity contribution in [2.45, 2.75) is 154 Å². The van der Waals surface area contributed by atoms with Crippen LogP contribution < -0.4 is 5.32 Å². The Balaban J connectivity index is 0.00000253. The van der Waals surface area contributed by atoms with Crippen molar-refractivity contribution in [3.8, 4) is 0 Å². The summed E-state index contributed by atoms with van der Waals surface area (Å²) in [5.74, 6) is 4.65. The molecule has 0 spiro atoms. The molecule has 4 aliphatic carbocycles. The van der Waals surface area contributed by atoms with Crippen molar-refractivity contribution in [3.63, 3.8) is 0 Å². The Morgan fingerprint density at radius 2 is 1.26 bits per heavy atom. The Kier molecular flexibility index (Phi) is 15.2. The highest BCUT2D eigenvalue weighted by Crippen LogP contribution is 2.61. The van der Waals surface area contributed by atoms with Crippen LogP contribution in [0.5, 0.6) is 0 Å². The van der Waals surface area contributed by atoms with Crippen LogP contribution in [0, 0.1) is 34.0 Å². The summed E-state index contributed by atoms with van der Waals surface area (Å²) in [5, 5.41) is 20.8. The quantitative estimate of drug-likeness (QED) is 0.126. The van der Waals surface area contributed by atoms with Gasteiger partial charge in [0.2, 0.25) is 0 Å². The molecule has 2 saturated heterocycles. The minimum absolute atomic E-state index is 0. The van der Waals surface area contributed by atoms with Crippen molar-refractivity contribution in [3.05, 3.63) is 0 Å². The van der Waals surface area contributed by atoms with Gasteiger partial charge in [-0.2, -0.15) is 27.0 Å². The van der Waals surface area contributed by atoms with Gasteiger partial charge in [0.25, 0.3) is 0 Å². The summed E-state index contributed by atoms with van der Waals surface area (Å²) >= 11 is 0. The normalized spacial score (nSPS) is 31.0. The molecule has 0 amide bonds. The third kappa shape index (κ3) is 9.62. The van der Waals surface area contributed by atoms with Gasteiger partial charge in [0.05, 0.1) is 0 Å². The summed E-state index contributed by atoms with van der Waals surface area (Å²) in [7, 11) is 0. The molecule has 0 radical (unpaired) electrons. The zero-order valence-corrected chi connectivity index (χ0v) is 29.9. The molecule has 0 unspecified atom stereocenters. The predicted octanol–water partition coefficient (Wildman–Crippen LogP) is 8.06. The molecule has 6 nitrogen and oxygen atoms in total. The van der Waals surface area contributed by atoms with Crippen LogP contribution in [0.15, 0.2) is 0 Å². The highest BCUT2D eigenvalue weighted by atomic mass is 32.1. The number of hydrogen-bond donors (Lipinski definition) is 3. The molecule has 250 valence electrons. The van der Waals surface area contributed by atoms with Crippen LogP contribution in [0.4, 0.5) is 0 Å². The molecule has 43 heavy (non-hydrogen) atoms. The molecule has 0 aromatic carbocycles. The maximum atomic E-state index is 8.94. The molecule has 6 rings (SSSR count). The largest absolute Gasteiger partial charge is 0.354 e. The van der Waals surface area contributed by atoms with Crippen LogP contribution in [-0.4, -0.2) is 71.4 Å².